The van der Waals surface area contributed by atoms with E-state index in [2.05, 4.69) is 9.84 Å². The summed E-state index contributed by atoms with van der Waals surface area (Å²) in [4.78, 5) is 39.5. The van der Waals surface area contributed by atoms with Crippen molar-refractivity contribution in [2.24, 2.45) is 0 Å². The topological polar surface area (TPSA) is 131 Å². The van der Waals surface area contributed by atoms with Gasteiger partial charge in [-0.1, -0.05) is 12.8 Å². The molecule has 0 aliphatic heterocycles. The lowest BCUT2D eigenvalue weighted by atomic mass is 10.2. The Kier molecular flexibility index (Phi) is 11.6. The van der Waals surface area contributed by atoms with Gasteiger partial charge in [-0.15, -0.1) is 0 Å². The van der Waals surface area contributed by atoms with E-state index in [-0.39, 0.29) is 5.91 Å². The van der Waals surface area contributed by atoms with Gasteiger partial charge in [-0.3, -0.25) is 9.59 Å². The van der Waals surface area contributed by atoms with Crippen LogP contribution < -0.4 is 15.8 Å². The van der Waals surface area contributed by atoms with Crippen LogP contribution in [0.2, 0.25) is 0 Å². The number of anilines is 1. The number of nitrogen functional groups attached to an aromatic ring is 1. The minimum atomic E-state index is -2.25. The first-order chi connectivity index (χ1) is 12.5. The lowest BCUT2D eigenvalue weighted by Crippen LogP contribution is -2.24. The number of unbranched alkanes of at least 4 members (excludes halogenated alkanes) is 3. The summed E-state index contributed by atoms with van der Waals surface area (Å²) in [5, 5.41) is 2.85. The molecule has 8 nitrogen and oxygen atoms in total. The average molecular weight is 386 g/mol. The van der Waals surface area contributed by atoms with E-state index >= 15 is 0 Å². The van der Waals surface area contributed by atoms with Crippen molar-refractivity contribution in [3.8, 4) is 5.75 Å². The highest BCUT2D eigenvalue weighted by Gasteiger charge is 2.03. The van der Waals surface area contributed by atoms with Gasteiger partial charge >= 0.3 is 8.60 Å². The molecule has 1 aromatic rings. The van der Waals surface area contributed by atoms with Crippen LogP contribution in [0, 0.1) is 0 Å². The van der Waals surface area contributed by atoms with Gasteiger partial charge in [0, 0.05) is 30.3 Å². The molecule has 146 valence electrons. The number of hydrogen-bond acceptors (Lipinski definition) is 7. The summed E-state index contributed by atoms with van der Waals surface area (Å²) in [5.74, 6) is 0.561. The van der Waals surface area contributed by atoms with E-state index in [0.717, 1.165) is 25.7 Å². The van der Waals surface area contributed by atoms with E-state index in [1.165, 1.54) is 0 Å². The van der Waals surface area contributed by atoms with Crippen LogP contribution in [0.5, 0.6) is 5.75 Å². The highest BCUT2D eigenvalue weighted by molar-refractivity contribution is 7.39. The number of nitrogens with one attached hydrogen (secondary N) is 1. The van der Waals surface area contributed by atoms with Crippen LogP contribution in [0.25, 0.3) is 0 Å². The third kappa shape index (κ3) is 10.3. The fourth-order valence-electron chi connectivity index (χ4n) is 2.22. The van der Waals surface area contributed by atoms with Gasteiger partial charge in [-0.2, -0.15) is 0 Å². The third-order valence-corrected chi connectivity index (χ3v) is 4.02. The van der Waals surface area contributed by atoms with E-state index in [9.17, 15) is 9.59 Å². The fraction of sp³-hybridized carbons (Fsp3) is 0.529. The van der Waals surface area contributed by atoms with Crippen molar-refractivity contribution in [3.63, 3.8) is 0 Å². The van der Waals surface area contributed by atoms with Gasteiger partial charge in [0.2, 0.25) is 5.91 Å². The Balaban J connectivity index is 2.00. The van der Waals surface area contributed by atoms with Gasteiger partial charge in [0.15, 0.2) is 6.29 Å². The van der Waals surface area contributed by atoms with Crippen molar-refractivity contribution in [1.29, 1.82) is 0 Å². The molecule has 9 heteroatoms. The van der Waals surface area contributed by atoms with Gasteiger partial charge < -0.3 is 30.1 Å². The minimum absolute atomic E-state index is 0.0149. The first-order valence-corrected chi connectivity index (χ1v) is 9.74. The second kappa shape index (κ2) is 13.5. The predicted molar refractivity (Wildman–Crippen MR) is 99.8 cm³/mol. The second-order valence-corrected chi connectivity index (χ2v) is 6.47. The molecule has 0 aliphatic carbocycles. The highest BCUT2D eigenvalue weighted by Crippen LogP contribution is 2.24. The molecule has 0 unspecified atom stereocenters. The molecule has 1 aromatic carbocycles. The number of nitrogens with two attached hydrogens (primary N) is 1. The zero-order valence-corrected chi connectivity index (χ0v) is 15.6. The number of hydrogen-bond donors (Lipinski definition) is 4. The van der Waals surface area contributed by atoms with Crippen molar-refractivity contribution in [1.82, 2.24) is 5.32 Å². The van der Waals surface area contributed by atoms with Crippen molar-refractivity contribution in [3.05, 3.63) is 23.8 Å². The maximum absolute atomic E-state index is 11.7. The number of aldehydes is 1. The highest BCUT2D eigenvalue weighted by atomic mass is 31.2. The van der Waals surface area contributed by atoms with E-state index < -0.39 is 8.60 Å². The standard InChI is InChI=1S/C17H27N2O6P/c18-16-12-15(8-7-14(16)13-20)24-10-5-6-17(21)19-9-3-1-2-4-11-25-26(22)23/h7-8,12-13,22-23H,1-6,9-11,18H2,(H,19,21). The molecule has 0 atom stereocenters. The number of rotatable bonds is 14. The van der Waals surface area contributed by atoms with E-state index in [1.54, 1.807) is 18.2 Å². The molecule has 0 saturated carbocycles. The van der Waals surface area contributed by atoms with Crippen LogP contribution in [0.3, 0.4) is 0 Å². The largest absolute Gasteiger partial charge is 0.494 e. The van der Waals surface area contributed by atoms with Crippen molar-refractivity contribution < 1.29 is 28.6 Å². The summed E-state index contributed by atoms with van der Waals surface area (Å²) < 4.78 is 10.2. The molecule has 0 saturated heterocycles. The first-order valence-electron chi connectivity index (χ1n) is 8.58. The molecule has 0 radical (unpaired) electrons. The number of carbonyl (C=O) groups is 2. The Morgan fingerprint density at radius 1 is 1.15 bits per heavy atom. The van der Waals surface area contributed by atoms with E-state index in [1.807, 2.05) is 0 Å². The second-order valence-electron chi connectivity index (χ2n) is 5.71. The van der Waals surface area contributed by atoms with E-state index in [4.69, 9.17) is 20.3 Å². The van der Waals surface area contributed by atoms with E-state index in [0.29, 0.717) is 55.9 Å². The van der Waals surface area contributed by atoms with Crippen molar-refractivity contribution in [2.75, 3.05) is 25.5 Å². The summed E-state index contributed by atoms with van der Waals surface area (Å²) in [6, 6.07) is 4.87. The normalized spacial score (nSPS) is 10.7. The van der Waals surface area contributed by atoms with Gasteiger partial charge in [0.05, 0.1) is 13.2 Å². The van der Waals surface area contributed by atoms with Crippen molar-refractivity contribution >= 4 is 26.5 Å². The molecule has 26 heavy (non-hydrogen) atoms. The van der Waals surface area contributed by atoms with Crippen LogP contribution in [-0.2, 0) is 9.32 Å². The van der Waals surface area contributed by atoms with Gasteiger partial charge in [-0.25, -0.2) is 0 Å². The number of benzene rings is 1. The van der Waals surface area contributed by atoms with Crippen molar-refractivity contribution in [2.45, 2.75) is 38.5 Å². The molecule has 0 spiro atoms. The summed E-state index contributed by atoms with van der Waals surface area (Å²) in [5.41, 5.74) is 6.50. The Labute approximate surface area is 154 Å². The molecule has 1 amide bonds. The Morgan fingerprint density at radius 3 is 2.62 bits per heavy atom. The SMILES string of the molecule is Nc1cc(OCCCC(=O)NCCCCCCOP(O)O)ccc1C=O. The molecular weight excluding hydrogens is 359 g/mol. The minimum Gasteiger partial charge on any atom is -0.494 e. The Morgan fingerprint density at radius 2 is 1.92 bits per heavy atom. The van der Waals surface area contributed by atoms with Crippen LogP contribution >= 0.6 is 8.60 Å². The smallest absolute Gasteiger partial charge is 0.327 e. The molecular formula is C17H27N2O6P. The van der Waals surface area contributed by atoms with Crippen LogP contribution in [-0.4, -0.2) is 41.7 Å². The van der Waals surface area contributed by atoms with Crippen LogP contribution in [0.4, 0.5) is 5.69 Å². The quantitative estimate of drug-likeness (QED) is 0.167. The lowest BCUT2D eigenvalue weighted by molar-refractivity contribution is -0.121. The Bertz CT molecular complexity index is 556. The molecule has 5 N–H and O–H groups in total. The average Bonchev–Trinajstić information content (AvgIpc) is 2.61. The van der Waals surface area contributed by atoms with Gasteiger partial charge in [0.25, 0.3) is 0 Å². The van der Waals surface area contributed by atoms with Gasteiger partial charge in [0.1, 0.15) is 5.75 Å². The molecule has 0 bridgehead atoms. The maximum Gasteiger partial charge on any atom is 0.327 e. The maximum atomic E-state index is 11.7. The fourth-order valence-corrected chi connectivity index (χ4v) is 2.51. The summed E-state index contributed by atoms with van der Waals surface area (Å²) in [6.45, 7) is 1.36. The Hall–Kier alpha value is -1.73. The lowest BCUT2D eigenvalue weighted by Gasteiger charge is -2.08. The number of carbonyl (C=O) groups excluding carboxylic acids is 2. The molecule has 0 aliphatic rings. The molecule has 0 fully saturated rings. The number of amides is 1. The summed E-state index contributed by atoms with van der Waals surface area (Å²) >= 11 is 0. The van der Waals surface area contributed by atoms with Gasteiger partial charge in [-0.05, 0) is 31.4 Å². The predicted octanol–water partition coefficient (Wildman–Crippen LogP) is 2.14. The first kappa shape index (κ1) is 22.3. The third-order valence-electron chi connectivity index (χ3n) is 3.60. The molecule has 0 heterocycles. The van der Waals surface area contributed by atoms with Crippen LogP contribution in [0.15, 0.2) is 18.2 Å². The summed E-state index contributed by atoms with van der Waals surface area (Å²) in [6.07, 6.45) is 5.16. The monoisotopic (exact) mass is 386 g/mol. The number of ether oxygens (including phenoxy) is 1. The van der Waals surface area contributed by atoms with Crippen LogP contribution in [0.1, 0.15) is 48.9 Å². The molecule has 1 rings (SSSR count). The zero-order chi connectivity index (χ0) is 19.2. The molecule has 0 aromatic heterocycles. The zero-order valence-electron chi connectivity index (χ0n) is 14.7. The summed E-state index contributed by atoms with van der Waals surface area (Å²) in [7, 11) is -2.25.